The van der Waals surface area contributed by atoms with E-state index < -0.39 is 5.92 Å². The van der Waals surface area contributed by atoms with Crippen molar-refractivity contribution in [2.24, 2.45) is 5.92 Å². The molecule has 1 saturated heterocycles. The molecule has 0 bridgehead atoms. The van der Waals surface area contributed by atoms with E-state index in [0.717, 1.165) is 13.0 Å². The number of rotatable bonds is 3. The van der Waals surface area contributed by atoms with E-state index in [1.807, 2.05) is 0 Å². The maximum atomic E-state index is 13.3. The Morgan fingerprint density at radius 2 is 2.24 bits per heavy atom. The van der Waals surface area contributed by atoms with Crippen LogP contribution in [0, 0.1) is 5.92 Å². The molecule has 1 aliphatic carbocycles. The van der Waals surface area contributed by atoms with Gasteiger partial charge in [0.25, 0.3) is 0 Å². The van der Waals surface area contributed by atoms with E-state index >= 15 is 0 Å². The maximum Gasteiger partial charge on any atom is 0.248 e. The lowest BCUT2D eigenvalue weighted by Crippen LogP contribution is -2.50. The second kappa shape index (κ2) is 5.59. The summed E-state index contributed by atoms with van der Waals surface area (Å²) in [5, 5.41) is 9.22. The Kier molecular flexibility index (Phi) is 4.33. The lowest BCUT2D eigenvalue weighted by atomic mass is 9.86. The van der Waals surface area contributed by atoms with Crippen molar-refractivity contribution in [3.63, 3.8) is 0 Å². The summed E-state index contributed by atoms with van der Waals surface area (Å²) in [5.74, 6) is -2.42. The first-order valence-electron chi connectivity index (χ1n) is 6.41. The summed E-state index contributed by atoms with van der Waals surface area (Å²) in [4.78, 5) is 2.11. The molecule has 3 nitrogen and oxygen atoms in total. The molecule has 2 aliphatic rings. The highest BCUT2D eigenvalue weighted by Gasteiger charge is 2.37. The third kappa shape index (κ3) is 3.60. The van der Waals surface area contributed by atoms with E-state index in [9.17, 15) is 13.9 Å². The third-order valence-corrected chi connectivity index (χ3v) is 3.80. The first-order valence-corrected chi connectivity index (χ1v) is 6.41. The molecule has 1 heterocycles. The number of alkyl halides is 2. The summed E-state index contributed by atoms with van der Waals surface area (Å²) < 4.78 is 31.9. The van der Waals surface area contributed by atoms with Gasteiger partial charge in [0, 0.05) is 25.9 Å². The van der Waals surface area contributed by atoms with Gasteiger partial charge in [-0.25, -0.2) is 8.78 Å². The van der Waals surface area contributed by atoms with Gasteiger partial charge in [-0.2, -0.15) is 0 Å². The molecule has 2 unspecified atom stereocenters. The molecule has 0 radical (unpaired) electrons. The molecule has 0 amide bonds. The summed E-state index contributed by atoms with van der Waals surface area (Å²) in [5.41, 5.74) is 0. The molecule has 1 aliphatic heterocycles. The van der Waals surface area contributed by atoms with Crippen LogP contribution in [0.5, 0.6) is 0 Å². The van der Waals surface area contributed by atoms with Crippen LogP contribution in [-0.4, -0.2) is 54.9 Å². The molecule has 0 aromatic carbocycles. The third-order valence-electron chi connectivity index (χ3n) is 3.80. The average Bonchev–Trinajstić information content (AvgIpc) is 2.28. The van der Waals surface area contributed by atoms with Gasteiger partial charge in [-0.3, -0.25) is 4.90 Å². The molecule has 2 rings (SSSR count). The van der Waals surface area contributed by atoms with Crippen LogP contribution in [-0.2, 0) is 4.74 Å². The van der Waals surface area contributed by atoms with Crippen LogP contribution >= 0.6 is 0 Å². The maximum absolute atomic E-state index is 13.3. The van der Waals surface area contributed by atoms with E-state index in [1.54, 1.807) is 0 Å². The SMILES string of the molecule is OCC1COCCN1CC1CCCC(F)(F)C1. The first-order chi connectivity index (χ1) is 8.11. The number of morpholine rings is 1. The number of nitrogens with zero attached hydrogens (tertiary/aromatic N) is 1. The van der Waals surface area contributed by atoms with E-state index in [4.69, 9.17) is 4.74 Å². The van der Waals surface area contributed by atoms with Crippen molar-refractivity contribution in [3.05, 3.63) is 0 Å². The fraction of sp³-hybridized carbons (Fsp3) is 1.00. The van der Waals surface area contributed by atoms with Crippen LogP contribution in [0.15, 0.2) is 0 Å². The van der Waals surface area contributed by atoms with Gasteiger partial charge >= 0.3 is 0 Å². The van der Waals surface area contributed by atoms with Gasteiger partial charge in [0.15, 0.2) is 0 Å². The summed E-state index contributed by atoms with van der Waals surface area (Å²) in [6.45, 7) is 2.61. The van der Waals surface area contributed by atoms with Crippen molar-refractivity contribution in [2.75, 3.05) is 32.9 Å². The zero-order valence-corrected chi connectivity index (χ0v) is 10.1. The lowest BCUT2D eigenvalue weighted by molar-refractivity contribution is -0.0733. The monoisotopic (exact) mass is 249 g/mol. The predicted molar refractivity (Wildman–Crippen MR) is 60.2 cm³/mol. The quantitative estimate of drug-likeness (QED) is 0.823. The molecule has 0 spiro atoms. The molecular weight excluding hydrogens is 228 g/mol. The van der Waals surface area contributed by atoms with Gasteiger partial charge in [-0.1, -0.05) is 0 Å². The molecule has 2 fully saturated rings. The number of aliphatic hydroxyl groups excluding tert-OH is 1. The molecule has 1 N–H and O–H groups in total. The van der Waals surface area contributed by atoms with Crippen LogP contribution < -0.4 is 0 Å². The highest BCUT2D eigenvalue weighted by atomic mass is 19.3. The fourth-order valence-corrected chi connectivity index (χ4v) is 2.86. The summed E-state index contributed by atoms with van der Waals surface area (Å²) in [6, 6.07) is -0.0145. The standard InChI is InChI=1S/C12H21F2NO2/c13-12(14)3-1-2-10(6-12)7-15-4-5-17-9-11(15)8-16/h10-11,16H,1-9H2. The smallest absolute Gasteiger partial charge is 0.248 e. The molecule has 1 saturated carbocycles. The minimum Gasteiger partial charge on any atom is -0.395 e. The number of halogens is 2. The first kappa shape index (κ1) is 13.2. The van der Waals surface area contributed by atoms with Gasteiger partial charge in [-0.05, 0) is 18.8 Å². The minimum atomic E-state index is -2.48. The Labute approximate surface area is 101 Å². The largest absolute Gasteiger partial charge is 0.395 e. The summed E-state index contributed by atoms with van der Waals surface area (Å²) in [6.07, 6.45) is 1.54. The van der Waals surface area contributed by atoms with Crippen molar-refractivity contribution >= 4 is 0 Å². The van der Waals surface area contributed by atoms with Gasteiger partial charge < -0.3 is 9.84 Å². The van der Waals surface area contributed by atoms with Crippen molar-refractivity contribution in [1.82, 2.24) is 4.90 Å². The Balaban J connectivity index is 1.86. The minimum absolute atomic E-state index is 0.00249. The fourth-order valence-electron chi connectivity index (χ4n) is 2.86. The van der Waals surface area contributed by atoms with E-state index in [2.05, 4.69) is 4.90 Å². The lowest BCUT2D eigenvalue weighted by Gasteiger charge is -2.38. The Bertz CT molecular complexity index is 251. The number of hydrogen-bond acceptors (Lipinski definition) is 3. The highest BCUT2D eigenvalue weighted by molar-refractivity contribution is 4.83. The molecule has 0 aromatic heterocycles. The van der Waals surface area contributed by atoms with Gasteiger partial charge in [0.2, 0.25) is 5.92 Å². The van der Waals surface area contributed by atoms with Crippen LogP contribution in [0.4, 0.5) is 8.78 Å². The molecular formula is C12H21F2NO2. The van der Waals surface area contributed by atoms with Crippen LogP contribution in [0.25, 0.3) is 0 Å². The van der Waals surface area contributed by atoms with Crippen LogP contribution in [0.3, 0.4) is 0 Å². The van der Waals surface area contributed by atoms with Crippen molar-refractivity contribution in [2.45, 2.75) is 37.6 Å². The van der Waals surface area contributed by atoms with E-state index in [-0.39, 0.29) is 31.4 Å². The zero-order chi connectivity index (χ0) is 12.3. The van der Waals surface area contributed by atoms with Crippen molar-refractivity contribution in [3.8, 4) is 0 Å². The Morgan fingerprint density at radius 1 is 1.41 bits per heavy atom. The van der Waals surface area contributed by atoms with E-state index in [0.29, 0.717) is 26.2 Å². The van der Waals surface area contributed by atoms with Crippen LogP contribution in [0.1, 0.15) is 25.7 Å². The second-order valence-corrected chi connectivity index (χ2v) is 5.22. The highest BCUT2D eigenvalue weighted by Crippen LogP contribution is 2.37. The summed E-state index contributed by atoms with van der Waals surface area (Å²) >= 11 is 0. The molecule has 5 heteroatoms. The Morgan fingerprint density at radius 3 is 2.94 bits per heavy atom. The molecule has 100 valence electrons. The molecule has 17 heavy (non-hydrogen) atoms. The van der Waals surface area contributed by atoms with Crippen LogP contribution in [0.2, 0.25) is 0 Å². The van der Waals surface area contributed by atoms with Gasteiger partial charge in [0.1, 0.15) is 0 Å². The van der Waals surface area contributed by atoms with Gasteiger partial charge in [0.05, 0.1) is 25.9 Å². The zero-order valence-electron chi connectivity index (χ0n) is 10.1. The van der Waals surface area contributed by atoms with E-state index in [1.165, 1.54) is 0 Å². The van der Waals surface area contributed by atoms with Gasteiger partial charge in [-0.15, -0.1) is 0 Å². The van der Waals surface area contributed by atoms with Crippen molar-refractivity contribution in [1.29, 1.82) is 0 Å². The topological polar surface area (TPSA) is 32.7 Å². The second-order valence-electron chi connectivity index (χ2n) is 5.22. The number of ether oxygens (including phenoxy) is 1. The number of aliphatic hydroxyl groups is 1. The Hall–Kier alpha value is -0.260. The van der Waals surface area contributed by atoms with Crippen molar-refractivity contribution < 1.29 is 18.6 Å². The normalized spacial score (nSPS) is 34.8. The molecule has 2 atom stereocenters. The average molecular weight is 249 g/mol. The number of hydrogen-bond donors (Lipinski definition) is 1. The molecule has 0 aromatic rings. The summed E-state index contributed by atoms with van der Waals surface area (Å²) in [7, 11) is 0. The predicted octanol–water partition coefficient (Wildman–Crippen LogP) is 1.50.